The Morgan fingerprint density at radius 2 is 2.12 bits per heavy atom. The third kappa shape index (κ3) is 2.51. The normalized spacial score (nSPS) is 17.1. The highest BCUT2D eigenvalue weighted by Gasteiger charge is 2.22. The van der Waals surface area contributed by atoms with Gasteiger partial charge in [-0.15, -0.1) is 0 Å². The zero-order chi connectivity index (χ0) is 12.3. The Morgan fingerprint density at radius 1 is 1.41 bits per heavy atom. The van der Waals surface area contributed by atoms with E-state index in [9.17, 15) is 0 Å². The molecule has 0 spiro atoms. The summed E-state index contributed by atoms with van der Waals surface area (Å²) in [5, 5.41) is 9.99. The van der Waals surface area contributed by atoms with Gasteiger partial charge in [-0.05, 0) is 24.5 Å². The number of nitrogens with two attached hydrogens (primary N) is 1. The number of hydrogen-bond acceptors (Lipinski definition) is 6. The summed E-state index contributed by atoms with van der Waals surface area (Å²) in [4.78, 5) is 4.67. The van der Waals surface area contributed by atoms with Crippen LogP contribution in [0.3, 0.4) is 0 Å². The maximum Gasteiger partial charge on any atom is 0.157 e. The molecule has 1 saturated heterocycles. The summed E-state index contributed by atoms with van der Waals surface area (Å²) < 4.78 is 4.06. The minimum Gasteiger partial charge on any atom is -0.382 e. The summed E-state index contributed by atoms with van der Waals surface area (Å²) in [7, 11) is 0. The minimum atomic E-state index is 0.364. The standard InChI is InChI=1S/C11H17N5S/c1-2-3-15-4-6-16(7-5-15)11-9(8-12)10(13)14-17-11/h2-7H2,1H3,(H2,13,14). The van der Waals surface area contributed by atoms with Gasteiger partial charge in [0.1, 0.15) is 16.6 Å². The van der Waals surface area contributed by atoms with E-state index in [2.05, 4.69) is 27.2 Å². The SMILES string of the molecule is CCCN1CCN(c2snc(N)c2C#N)CC1. The minimum absolute atomic E-state index is 0.364. The Balaban J connectivity index is 2.03. The molecule has 0 saturated carbocycles. The first-order valence-electron chi connectivity index (χ1n) is 5.88. The van der Waals surface area contributed by atoms with Crippen molar-refractivity contribution in [1.29, 1.82) is 5.26 Å². The monoisotopic (exact) mass is 251 g/mol. The van der Waals surface area contributed by atoms with Crippen LogP contribution in [0.2, 0.25) is 0 Å². The number of rotatable bonds is 3. The Bertz CT molecular complexity index is 414. The Morgan fingerprint density at radius 3 is 2.71 bits per heavy atom. The quantitative estimate of drug-likeness (QED) is 0.872. The Hall–Kier alpha value is -1.32. The van der Waals surface area contributed by atoms with Gasteiger partial charge in [0.05, 0.1) is 0 Å². The van der Waals surface area contributed by atoms with Gasteiger partial charge in [-0.2, -0.15) is 9.64 Å². The molecule has 1 aliphatic rings. The summed E-state index contributed by atoms with van der Waals surface area (Å²) in [6.07, 6.45) is 1.19. The van der Waals surface area contributed by atoms with E-state index in [1.165, 1.54) is 18.0 Å². The van der Waals surface area contributed by atoms with Gasteiger partial charge in [-0.3, -0.25) is 4.90 Å². The van der Waals surface area contributed by atoms with Gasteiger partial charge < -0.3 is 10.6 Å². The molecule has 92 valence electrons. The van der Waals surface area contributed by atoms with Crippen LogP contribution in [0.15, 0.2) is 0 Å². The first-order chi connectivity index (χ1) is 8.26. The van der Waals surface area contributed by atoms with E-state index >= 15 is 0 Å². The molecule has 0 amide bonds. The summed E-state index contributed by atoms with van der Waals surface area (Å²) >= 11 is 1.33. The maximum absolute atomic E-state index is 9.05. The van der Waals surface area contributed by atoms with Gasteiger partial charge in [0.25, 0.3) is 0 Å². The molecule has 5 nitrogen and oxygen atoms in total. The van der Waals surface area contributed by atoms with Crippen molar-refractivity contribution in [2.24, 2.45) is 0 Å². The molecule has 0 aliphatic carbocycles. The molecule has 0 bridgehead atoms. The number of piperazine rings is 1. The molecule has 17 heavy (non-hydrogen) atoms. The van der Waals surface area contributed by atoms with Crippen LogP contribution >= 0.6 is 11.5 Å². The molecule has 6 heteroatoms. The number of nitrogens with zero attached hydrogens (tertiary/aromatic N) is 4. The summed E-state index contributed by atoms with van der Waals surface area (Å²) in [5.74, 6) is 0.364. The molecule has 1 aliphatic heterocycles. The van der Waals surface area contributed by atoms with Crippen molar-refractivity contribution in [3.05, 3.63) is 5.56 Å². The molecular weight excluding hydrogens is 234 g/mol. The van der Waals surface area contributed by atoms with Gasteiger partial charge in [-0.25, -0.2) is 0 Å². The second-order valence-corrected chi connectivity index (χ2v) is 4.94. The van der Waals surface area contributed by atoms with Gasteiger partial charge in [-0.1, -0.05) is 6.92 Å². The lowest BCUT2D eigenvalue weighted by atomic mass is 10.2. The third-order valence-electron chi connectivity index (χ3n) is 3.01. The highest BCUT2D eigenvalue weighted by Crippen LogP contribution is 2.30. The van der Waals surface area contributed by atoms with Crippen molar-refractivity contribution in [2.45, 2.75) is 13.3 Å². The molecule has 2 N–H and O–H groups in total. The number of nitriles is 1. The van der Waals surface area contributed by atoms with E-state index < -0.39 is 0 Å². The second-order valence-electron chi connectivity index (χ2n) is 4.19. The van der Waals surface area contributed by atoms with E-state index in [4.69, 9.17) is 11.0 Å². The predicted molar refractivity (Wildman–Crippen MR) is 70.2 cm³/mol. The maximum atomic E-state index is 9.05. The number of anilines is 2. The van der Waals surface area contributed by atoms with Crippen LogP contribution in [0, 0.1) is 11.3 Å². The molecule has 2 rings (SSSR count). The largest absolute Gasteiger partial charge is 0.382 e. The first-order valence-corrected chi connectivity index (χ1v) is 6.66. The van der Waals surface area contributed by atoms with Crippen LogP contribution in [0.25, 0.3) is 0 Å². The van der Waals surface area contributed by atoms with E-state index in [0.29, 0.717) is 11.4 Å². The van der Waals surface area contributed by atoms with E-state index in [1.807, 2.05) is 0 Å². The van der Waals surface area contributed by atoms with Crippen LogP contribution in [0.1, 0.15) is 18.9 Å². The molecule has 1 aromatic heterocycles. The van der Waals surface area contributed by atoms with E-state index in [0.717, 1.165) is 37.7 Å². The van der Waals surface area contributed by atoms with Gasteiger partial charge in [0.2, 0.25) is 0 Å². The van der Waals surface area contributed by atoms with Crippen molar-refractivity contribution < 1.29 is 0 Å². The molecule has 0 aromatic carbocycles. The van der Waals surface area contributed by atoms with Crippen molar-refractivity contribution in [3.8, 4) is 6.07 Å². The summed E-state index contributed by atoms with van der Waals surface area (Å²) in [6.45, 7) is 7.37. The van der Waals surface area contributed by atoms with Gasteiger partial charge in [0.15, 0.2) is 5.82 Å². The van der Waals surface area contributed by atoms with Crippen molar-refractivity contribution in [3.63, 3.8) is 0 Å². The summed E-state index contributed by atoms with van der Waals surface area (Å²) in [5.41, 5.74) is 6.21. The topological polar surface area (TPSA) is 69.2 Å². The molecule has 0 unspecified atom stereocenters. The lowest BCUT2D eigenvalue weighted by Crippen LogP contribution is -2.46. The molecule has 0 atom stereocenters. The van der Waals surface area contributed by atoms with Crippen molar-refractivity contribution in [1.82, 2.24) is 9.27 Å². The fourth-order valence-electron chi connectivity index (χ4n) is 2.10. The second kappa shape index (κ2) is 5.34. The molecule has 1 aromatic rings. The van der Waals surface area contributed by atoms with Crippen LogP contribution in [0.5, 0.6) is 0 Å². The summed E-state index contributed by atoms with van der Waals surface area (Å²) in [6, 6.07) is 2.15. The van der Waals surface area contributed by atoms with Crippen molar-refractivity contribution in [2.75, 3.05) is 43.4 Å². The van der Waals surface area contributed by atoms with Crippen LogP contribution < -0.4 is 10.6 Å². The fourth-order valence-corrected chi connectivity index (χ4v) is 2.92. The zero-order valence-electron chi connectivity index (χ0n) is 10.0. The van der Waals surface area contributed by atoms with Gasteiger partial charge in [0, 0.05) is 26.2 Å². The fraction of sp³-hybridized carbons (Fsp3) is 0.636. The number of hydrogen-bond donors (Lipinski definition) is 1. The first kappa shape index (κ1) is 12.1. The molecule has 2 heterocycles. The highest BCUT2D eigenvalue weighted by atomic mass is 32.1. The molecule has 1 fully saturated rings. The van der Waals surface area contributed by atoms with E-state index in [-0.39, 0.29) is 0 Å². The Kier molecular flexibility index (Phi) is 3.82. The highest BCUT2D eigenvalue weighted by molar-refractivity contribution is 7.10. The zero-order valence-corrected chi connectivity index (χ0v) is 10.8. The molecular formula is C11H17N5S. The average molecular weight is 251 g/mol. The number of nitrogen functional groups attached to an aromatic ring is 1. The lowest BCUT2D eigenvalue weighted by Gasteiger charge is -2.34. The Labute approximate surface area is 106 Å². The average Bonchev–Trinajstić information content (AvgIpc) is 2.72. The smallest absolute Gasteiger partial charge is 0.157 e. The molecule has 0 radical (unpaired) electrons. The van der Waals surface area contributed by atoms with Gasteiger partial charge >= 0.3 is 0 Å². The predicted octanol–water partition coefficient (Wildman–Crippen LogP) is 1.13. The third-order valence-corrected chi connectivity index (χ3v) is 3.93. The lowest BCUT2D eigenvalue weighted by molar-refractivity contribution is 0.259. The number of aromatic nitrogens is 1. The van der Waals surface area contributed by atoms with Crippen LogP contribution in [-0.2, 0) is 0 Å². The van der Waals surface area contributed by atoms with E-state index in [1.54, 1.807) is 0 Å². The van der Waals surface area contributed by atoms with Crippen molar-refractivity contribution >= 4 is 22.4 Å². The van der Waals surface area contributed by atoms with Crippen LogP contribution in [0.4, 0.5) is 10.8 Å². The van der Waals surface area contributed by atoms with Crippen LogP contribution in [-0.4, -0.2) is 42.0 Å².